The maximum absolute atomic E-state index is 13.0. The Morgan fingerprint density at radius 2 is 1.55 bits per heavy atom. The largest absolute Gasteiger partial charge is 0.388 e. The Labute approximate surface area is 119 Å². The molecule has 2 aromatic carbocycles. The van der Waals surface area contributed by atoms with Crippen molar-refractivity contribution in [1.29, 1.82) is 0 Å². The fraction of sp³-hybridized carbons (Fsp3) is 0.294. The molecule has 2 nitrogen and oxygen atoms in total. The third kappa shape index (κ3) is 3.65. The summed E-state index contributed by atoms with van der Waals surface area (Å²) in [7, 11) is 3.96. The summed E-state index contributed by atoms with van der Waals surface area (Å²) in [6.07, 6.45) is -0.652. The number of aliphatic hydroxyl groups excluding tert-OH is 1. The summed E-state index contributed by atoms with van der Waals surface area (Å²) in [5, 5.41) is 10.6. The molecule has 0 aromatic heterocycles. The molecule has 3 heteroatoms. The minimum Gasteiger partial charge on any atom is -0.388 e. The van der Waals surface area contributed by atoms with E-state index >= 15 is 0 Å². The van der Waals surface area contributed by atoms with Gasteiger partial charge in [-0.05, 0) is 37.4 Å². The van der Waals surface area contributed by atoms with Crippen LogP contribution in [0.5, 0.6) is 0 Å². The van der Waals surface area contributed by atoms with Crippen molar-refractivity contribution >= 4 is 0 Å². The van der Waals surface area contributed by atoms with Gasteiger partial charge in [0.2, 0.25) is 0 Å². The molecule has 0 spiro atoms. The van der Waals surface area contributed by atoms with Gasteiger partial charge in [0.1, 0.15) is 5.82 Å². The van der Waals surface area contributed by atoms with Gasteiger partial charge in [-0.2, -0.15) is 0 Å². The number of benzene rings is 2. The van der Waals surface area contributed by atoms with Crippen LogP contribution in [0.3, 0.4) is 0 Å². The highest BCUT2D eigenvalue weighted by atomic mass is 19.1. The first-order valence-electron chi connectivity index (χ1n) is 6.71. The molecule has 0 heterocycles. The lowest BCUT2D eigenvalue weighted by Crippen LogP contribution is -2.25. The van der Waals surface area contributed by atoms with E-state index in [-0.39, 0.29) is 11.7 Å². The van der Waals surface area contributed by atoms with Crippen LogP contribution >= 0.6 is 0 Å². The lowest BCUT2D eigenvalue weighted by molar-refractivity contribution is 0.128. The molecule has 20 heavy (non-hydrogen) atoms. The molecule has 0 radical (unpaired) electrons. The van der Waals surface area contributed by atoms with Gasteiger partial charge in [-0.15, -0.1) is 0 Å². The predicted molar refractivity (Wildman–Crippen MR) is 79.1 cm³/mol. The van der Waals surface area contributed by atoms with Crippen molar-refractivity contribution in [3.05, 3.63) is 71.5 Å². The van der Waals surface area contributed by atoms with Crippen molar-refractivity contribution in [3.63, 3.8) is 0 Å². The SMILES string of the molecule is CN(C)C[C@@H](c1ccccc1)[C@H](O)c1ccc(F)cc1. The first kappa shape index (κ1) is 14.7. The summed E-state index contributed by atoms with van der Waals surface area (Å²) in [6, 6.07) is 16.0. The zero-order valence-electron chi connectivity index (χ0n) is 11.8. The van der Waals surface area contributed by atoms with Crippen LogP contribution in [0.2, 0.25) is 0 Å². The van der Waals surface area contributed by atoms with Gasteiger partial charge in [0, 0.05) is 12.5 Å². The van der Waals surface area contributed by atoms with E-state index in [4.69, 9.17) is 0 Å². The van der Waals surface area contributed by atoms with Crippen LogP contribution < -0.4 is 0 Å². The predicted octanol–water partition coefficient (Wildman–Crippen LogP) is 3.20. The lowest BCUT2D eigenvalue weighted by Gasteiger charge is -2.26. The fourth-order valence-electron chi connectivity index (χ4n) is 2.37. The maximum Gasteiger partial charge on any atom is 0.123 e. The average Bonchev–Trinajstić information content (AvgIpc) is 2.45. The van der Waals surface area contributed by atoms with Gasteiger partial charge in [-0.1, -0.05) is 42.5 Å². The molecule has 0 aliphatic carbocycles. The van der Waals surface area contributed by atoms with Crippen molar-refractivity contribution in [2.24, 2.45) is 0 Å². The highest BCUT2D eigenvalue weighted by Crippen LogP contribution is 2.31. The molecule has 0 amide bonds. The molecule has 0 saturated heterocycles. The molecule has 106 valence electrons. The molecule has 2 aromatic rings. The highest BCUT2D eigenvalue weighted by molar-refractivity contribution is 5.27. The Balaban J connectivity index is 2.28. The van der Waals surface area contributed by atoms with Crippen LogP contribution in [-0.2, 0) is 0 Å². The van der Waals surface area contributed by atoms with Crippen molar-refractivity contribution in [3.8, 4) is 0 Å². The molecule has 0 fully saturated rings. The second-order valence-electron chi connectivity index (χ2n) is 5.28. The summed E-state index contributed by atoms with van der Waals surface area (Å²) in [5.41, 5.74) is 1.82. The first-order valence-corrected chi connectivity index (χ1v) is 6.71. The Kier molecular flexibility index (Phi) is 4.88. The third-order valence-electron chi connectivity index (χ3n) is 3.38. The first-order chi connectivity index (χ1) is 9.58. The second-order valence-corrected chi connectivity index (χ2v) is 5.28. The molecule has 0 aliphatic heterocycles. The number of aliphatic hydroxyl groups is 1. The normalized spacial score (nSPS) is 14.2. The van der Waals surface area contributed by atoms with Gasteiger partial charge in [0.05, 0.1) is 6.10 Å². The van der Waals surface area contributed by atoms with E-state index in [0.717, 1.165) is 17.7 Å². The molecule has 2 atom stereocenters. The van der Waals surface area contributed by atoms with Crippen LogP contribution in [0.25, 0.3) is 0 Å². The minimum absolute atomic E-state index is 0.0448. The quantitative estimate of drug-likeness (QED) is 0.904. The van der Waals surface area contributed by atoms with E-state index in [1.54, 1.807) is 12.1 Å². The molecule has 0 unspecified atom stereocenters. The third-order valence-corrected chi connectivity index (χ3v) is 3.38. The fourth-order valence-corrected chi connectivity index (χ4v) is 2.37. The van der Waals surface area contributed by atoms with Crippen molar-refractivity contribution < 1.29 is 9.50 Å². The van der Waals surface area contributed by atoms with Crippen LogP contribution in [0.1, 0.15) is 23.1 Å². The molecule has 0 saturated carbocycles. The van der Waals surface area contributed by atoms with E-state index in [1.165, 1.54) is 12.1 Å². The van der Waals surface area contributed by atoms with Gasteiger partial charge >= 0.3 is 0 Å². The standard InChI is InChI=1S/C17H20FNO/c1-19(2)12-16(13-6-4-3-5-7-13)17(20)14-8-10-15(18)11-9-14/h3-11,16-17,20H,12H2,1-2H3/t16-,17+/m0/s1. The molecule has 2 rings (SSSR count). The maximum atomic E-state index is 13.0. The van der Waals surface area contributed by atoms with Gasteiger partial charge in [-0.25, -0.2) is 4.39 Å². The molecule has 0 bridgehead atoms. The molecule has 0 aliphatic rings. The summed E-state index contributed by atoms with van der Waals surface area (Å²) in [5.74, 6) is -0.332. The average molecular weight is 273 g/mol. The number of nitrogens with zero attached hydrogens (tertiary/aromatic N) is 1. The van der Waals surface area contributed by atoms with E-state index in [9.17, 15) is 9.50 Å². The van der Waals surface area contributed by atoms with E-state index in [1.807, 2.05) is 49.3 Å². The number of rotatable bonds is 5. The number of likely N-dealkylation sites (N-methyl/N-ethyl adjacent to an activating group) is 1. The van der Waals surface area contributed by atoms with E-state index < -0.39 is 6.10 Å². The van der Waals surface area contributed by atoms with Crippen LogP contribution in [-0.4, -0.2) is 30.6 Å². The Morgan fingerprint density at radius 3 is 2.10 bits per heavy atom. The van der Waals surface area contributed by atoms with Gasteiger partial charge < -0.3 is 10.0 Å². The monoisotopic (exact) mass is 273 g/mol. The lowest BCUT2D eigenvalue weighted by atomic mass is 9.89. The van der Waals surface area contributed by atoms with Crippen LogP contribution in [0, 0.1) is 5.82 Å². The minimum atomic E-state index is -0.652. The Hall–Kier alpha value is -1.71. The van der Waals surface area contributed by atoms with Crippen molar-refractivity contribution in [1.82, 2.24) is 4.90 Å². The summed E-state index contributed by atoms with van der Waals surface area (Å²) in [4.78, 5) is 2.05. The number of hydrogen-bond donors (Lipinski definition) is 1. The summed E-state index contributed by atoms with van der Waals surface area (Å²) >= 11 is 0. The summed E-state index contributed by atoms with van der Waals surface area (Å²) in [6.45, 7) is 0.725. The van der Waals surface area contributed by atoms with E-state index in [2.05, 4.69) is 0 Å². The number of halogens is 1. The Bertz CT molecular complexity index is 524. The smallest absolute Gasteiger partial charge is 0.123 e. The van der Waals surface area contributed by atoms with Gasteiger partial charge in [0.25, 0.3) is 0 Å². The molecular weight excluding hydrogens is 253 g/mol. The molecular formula is C17H20FNO. The zero-order chi connectivity index (χ0) is 14.5. The topological polar surface area (TPSA) is 23.5 Å². The van der Waals surface area contributed by atoms with Gasteiger partial charge in [0.15, 0.2) is 0 Å². The van der Waals surface area contributed by atoms with E-state index in [0.29, 0.717) is 0 Å². The zero-order valence-corrected chi connectivity index (χ0v) is 11.8. The van der Waals surface area contributed by atoms with Crippen molar-refractivity contribution in [2.45, 2.75) is 12.0 Å². The van der Waals surface area contributed by atoms with Crippen LogP contribution in [0.15, 0.2) is 54.6 Å². The Morgan fingerprint density at radius 1 is 0.950 bits per heavy atom. The molecule has 1 N–H and O–H groups in total. The second kappa shape index (κ2) is 6.64. The van der Waals surface area contributed by atoms with Crippen LogP contribution in [0.4, 0.5) is 4.39 Å². The van der Waals surface area contributed by atoms with Gasteiger partial charge in [-0.3, -0.25) is 0 Å². The highest BCUT2D eigenvalue weighted by Gasteiger charge is 2.23. The van der Waals surface area contributed by atoms with Crippen molar-refractivity contribution in [2.75, 3.05) is 20.6 Å². The number of hydrogen-bond acceptors (Lipinski definition) is 2. The summed E-state index contributed by atoms with van der Waals surface area (Å²) < 4.78 is 13.0.